The van der Waals surface area contributed by atoms with Crippen molar-refractivity contribution in [2.75, 3.05) is 6.61 Å². The summed E-state index contributed by atoms with van der Waals surface area (Å²) in [4.78, 5) is 11.1. The second kappa shape index (κ2) is 6.88. The summed E-state index contributed by atoms with van der Waals surface area (Å²) in [5.41, 5.74) is 2.09. The molecule has 0 atom stereocenters. The van der Waals surface area contributed by atoms with Gasteiger partial charge in [0.25, 0.3) is 0 Å². The van der Waals surface area contributed by atoms with Crippen LogP contribution in [0.25, 0.3) is 0 Å². The first kappa shape index (κ1) is 15.0. The minimum Gasteiger partial charge on any atom is -0.494 e. The molecule has 0 aliphatic carbocycles. The van der Waals surface area contributed by atoms with Crippen LogP contribution in [0.15, 0.2) is 42.5 Å². The van der Waals surface area contributed by atoms with Crippen LogP contribution in [0.1, 0.15) is 28.4 Å². The van der Waals surface area contributed by atoms with Crippen LogP contribution in [-0.4, -0.2) is 17.7 Å². The average Bonchev–Trinajstić information content (AvgIpc) is 2.48. The molecule has 2 aromatic carbocycles. The van der Waals surface area contributed by atoms with Crippen molar-refractivity contribution in [3.05, 3.63) is 65.0 Å². The monoisotopic (exact) mass is 288 g/mol. The van der Waals surface area contributed by atoms with Crippen LogP contribution in [0, 0.1) is 5.82 Å². The molecule has 0 heterocycles. The Morgan fingerprint density at radius 3 is 2.48 bits per heavy atom. The minimum atomic E-state index is -0.957. The van der Waals surface area contributed by atoms with Crippen LogP contribution < -0.4 is 4.74 Å². The zero-order valence-corrected chi connectivity index (χ0v) is 11.8. The summed E-state index contributed by atoms with van der Waals surface area (Å²) < 4.78 is 18.4. The first-order valence-electron chi connectivity index (χ1n) is 6.83. The fourth-order valence-corrected chi connectivity index (χ4v) is 2.13. The largest absolute Gasteiger partial charge is 0.494 e. The van der Waals surface area contributed by atoms with Crippen LogP contribution in [0.2, 0.25) is 0 Å². The van der Waals surface area contributed by atoms with E-state index in [2.05, 4.69) is 0 Å². The Balaban J connectivity index is 2.17. The second-order valence-corrected chi connectivity index (χ2v) is 4.69. The maximum atomic E-state index is 12.9. The highest BCUT2D eigenvalue weighted by Gasteiger charge is 2.09. The zero-order chi connectivity index (χ0) is 15.2. The van der Waals surface area contributed by atoms with Gasteiger partial charge in [0, 0.05) is 0 Å². The molecule has 0 spiro atoms. The first-order chi connectivity index (χ1) is 10.1. The van der Waals surface area contributed by atoms with Gasteiger partial charge in [-0.25, -0.2) is 9.18 Å². The highest BCUT2D eigenvalue weighted by molar-refractivity contribution is 5.88. The molecule has 3 nitrogen and oxygen atoms in total. The number of halogens is 1. The Morgan fingerprint density at radius 1 is 1.14 bits per heavy atom. The molecular formula is C17H17FO3. The molecule has 2 aromatic rings. The lowest BCUT2D eigenvalue weighted by molar-refractivity contribution is 0.0696. The summed E-state index contributed by atoms with van der Waals surface area (Å²) in [7, 11) is 0. The molecule has 0 saturated carbocycles. The highest BCUT2D eigenvalue weighted by atomic mass is 19.1. The summed E-state index contributed by atoms with van der Waals surface area (Å²) in [5, 5.41) is 9.06. The van der Waals surface area contributed by atoms with Crippen molar-refractivity contribution in [1.82, 2.24) is 0 Å². The Kier molecular flexibility index (Phi) is 4.93. The molecule has 0 radical (unpaired) electrons. The topological polar surface area (TPSA) is 46.5 Å². The van der Waals surface area contributed by atoms with Crippen molar-refractivity contribution >= 4 is 5.97 Å². The van der Waals surface area contributed by atoms with Gasteiger partial charge in [-0.05, 0) is 61.2 Å². The maximum absolute atomic E-state index is 12.9. The minimum absolute atomic E-state index is 0.243. The maximum Gasteiger partial charge on any atom is 0.335 e. The van der Waals surface area contributed by atoms with Crippen molar-refractivity contribution in [1.29, 1.82) is 0 Å². The van der Waals surface area contributed by atoms with Gasteiger partial charge in [0.1, 0.15) is 11.6 Å². The number of carboxylic acid groups (broad SMARTS) is 1. The molecule has 0 fully saturated rings. The molecule has 110 valence electrons. The van der Waals surface area contributed by atoms with Crippen LogP contribution in [0.4, 0.5) is 4.39 Å². The molecule has 0 unspecified atom stereocenters. The second-order valence-electron chi connectivity index (χ2n) is 4.69. The smallest absolute Gasteiger partial charge is 0.335 e. The van der Waals surface area contributed by atoms with E-state index in [1.54, 1.807) is 24.3 Å². The first-order valence-corrected chi connectivity index (χ1v) is 6.83. The lowest BCUT2D eigenvalue weighted by Gasteiger charge is -2.11. The van der Waals surface area contributed by atoms with Gasteiger partial charge in [-0.2, -0.15) is 0 Å². The molecular weight excluding hydrogens is 271 g/mol. The third-order valence-corrected chi connectivity index (χ3v) is 3.20. The molecule has 0 aliphatic heterocycles. The van der Waals surface area contributed by atoms with Crippen molar-refractivity contribution in [3.63, 3.8) is 0 Å². The van der Waals surface area contributed by atoms with E-state index in [9.17, 15) is 9.18 Å². The number of rotatable bonds is 6. The van der Waals surface area contributed by atoms with Gasteiger partial charge in [-0.15, -0.1) is 0 Å². The summed E-state index contributed by atoms with van der Waals surface area (Å²) in [5.74, 6) is -0.521. The van der Waals surface area contributed by atoms with Gasteiger partial charge in [-0.1, -0.05) is 12.1 Å². The average molecular weight is 288 g/mol. The van der Waals surface area contributed by atoms with Gasteiger partial charge < -0.3 is 9.84 Å². The molecule has 0 aliphatic rings. The van der Waals surface area contributed by atoms with Crippen molar-refractivity contribution in [3.8, 4) is 5.75 Å². The van der Waals surface area contributed by atoms with E-state index in [1.807, 2.05) is 6.92 Å². The summed E-state index contributed by atoms with van der Waals surface area (Å²) in [6.07, 6.45) is 1.34. The van der Waals surface area contributed by atoms with Crippen molar-refractivity contribution in [2.24, 2.45) is 0 Å². The van der Waals surface area contributed by atoms with E-state index in [4.69, 9.17) is 9.84 Å². The predicted molar refractivity (Wildman–Crippen MR) is 78.4 cm³/mol. The van der Waals surface area contributed by atoms with Crippen molar-refractivity contribution < 1.29 is 19.0 Å². The molecule has 1 N–H and O–H groups in total. The molecule has 21 heavy (non-hydrogen) atoms. The predicted octanol–water partition coefficient (Wildman–Crippen LogP) is 3.71. The Hall–Kier alpha value is -2.36. The number of carboxylic acids is 1. The SMILES string of the molecule is CCOc1ccc(C(=O)O)cc1CCc1ccc(F)cc1. The summed E-state index contributed by atoms with van der Waals surface area (Å²) >= 11 is 0. The van der Waals surface area contributed by atoms with Gasteiger partial charge in [-0.3, -0.25) is 0 Å². The number of hydrogen-bond acceptors (Lipinski definition) is 2. The Bertz CT molecular complexity index is 620. The zero-order valence-electron chi connectivity index (χ0n) is 11.8. The third kappa shape index (κ3) is 4.05. The number of aryl methyl sites for hydroxylation is 2. The van der Waals surface area contributed by atoms with Gasteiger partial charge >= 0.3 is 5.97 Å². The molecule has 0 amide bonds. The van der Waals surface area contributed by atoms with E-state index in [1.165, 1.54) is 18.2 Å². The fourth-order valence-electron chi connectivity index (χ4n) is 2.13. The fraction of sp³-hybridized carbons (Fsp3) is 0.235. The van der Waals surface area contributed by atoms with Crippen molar-refractivity contribution in [2.45, 2.75) is 19.8 Å². The number of ether oxygens (including phenoxy) is 1. The number of carbonyl (C=O) groups is 1. The van der Waals surface area contributed by atoms with Crippen LogP contribution in [0.3, 0.4) is 0 Å². The van der Waals surface area contributed by atoms with E-state index in [0.717, 1.165) is 11.1 Å². The van der Waals surface area contributed by atoms with Crippen LogP contribution in [-0.2, 0) is 12.8 Å². The van der Waals surface area contributed by atoms with E-state index in [0.29, 0.717) is 25.2 Å². The molecule has 4 heteroatoms. The molecule has 0 saturated heterocycles. The summed E-state index contributed by atoms with van der Waals surface area (Å²) in [6, 6.07) is 11.2. The van der Waals surface area contributed by atoms with E-state index < -0.39 is 5.97 Å². The lowest BCUT2D eigenvalue weighted by Crippen LogP contribution is -2.03. The quantitative estimate of drug-likeness (QED) is 0.881. The number of hydrogen-bond donors (Lipinski definition) is 1. The Morgan fingerprint density at radius 2 is 1.86 bits per heavy atom. The van der Waals surface area contributed by atoms with Crippen LogP contribution in [0.5, 0.6) is 5.75 Å². The molecule has 0 aromatic heterocycles. The molecule has 0 bridgehead atoms. The van der Waals surface area contributed by atoms with Gasteiger partial charge in [0.2, 0.25) is 0 Å². The van der Waals surface area contributed by atoms with Crippen LogP contribution >= 0.6 is 0 Å². The van der Waals surface area contributed by atoms with Gasteiger partial charge in [0.05, 0.1) is 12.2 Å². The normalized spacial score (nSPS) is 10.4. The number of benzene rings is 2. The third-order valence-electron chi connectivity index (χ3n) is 3.20. The highest BCUT2D eigenvalue weighted by Crippen LogP contribution is 2.22. The standard InChI is InChI=1S/C17H17FO3/c1-2-21-16-10-7-14(17(19)20)11-13(16)6-3-12-4-8-15(18)9-5-12/h4-5,7-11H,2-3,6H2,1H3,(H,19,20). The van der Waals surface area contributed by atoms with E-state index >= 15 is 0 Å². The van der Waals surface area contributed by atoms with Gasteiger partial charge in [0.15, 0.2) is 0 Å². The summed E-state index contributed by atoms with van der Waals surface area (Å²) in [6.45, 7) is 2.41. The Labute approximate surface area is 123 Å². The molecule has 2 rings (SSSR count). The van der Waals surface area contributed by atoms with E-state index in [-0.39, 0.29) is 11.4 Å². The number of aromatic carboxylic acids is 1. The lowest BCUT2D eigenvalue weighted by atomic mass is 10.0.